The number of aryl methyl sites for hydroxylation is 2. The summed E-state index contributed by atoms with van der Waals surface area (Å²) in [6.07, 6.45) is 4.38. The van der Waals surface area contributed by atoms with Gasteiger partial charge in [-0.3, -0.25) is 14.5 Å². The first-order chi connectivity index (χ1) is 10.1. The summed E-state index contributed by atoms with van der Waals surface area (Å²) in [5, 5.41) is 2.93. The lowest BCUT2D eigenvalue weighted by Crippen LogP contribution is -2.36. The second kappa shape index (κ2) is 5.98. The van der Waals surface area contributed by atoms with Gasteiger partial charge in [-0.1, -0.05) is 12.1 Å². The van der Waals surface area contributed by atoms with Crippen LogP contribution in [0.3, 0.4) is 0 Å². The van der Waals surface area contributed by atoms with E-state index in [-0.39, 0.29) is 17.7 Å². The zero-order chi connectivity index (χ0) is 14.8. The molecule has 0 radical (unpaired) electrons. The van der Waals surface area contributed by atoms with E-state index in [0.29, 0.717) is 6.54 Å². The fourth-order valence-corrected chi connectivity index (χ4v) is 3.42. The van der Waals surface area contributed by atoms with Crippen molar-refractivity contribution in [2.24, 2.45) is 0 Å². The lowest BCUT2D eigenvalue weighted by molar-refractivity contribution is -0.119. The lowest BCUT2D eigenvalue weighted by atomic mass is 10.0. The third-order valence-electron chi connectivity index (χ3n) is 4.47. The van der Waals surface area contributed by atoms with Crippen LogP contribution in [0.1, 0.15) is 41.3 Å². The molecule has 2 aliphatic rings. The van der Waals surface area contributed by atoms with Crippen molar-refractivity contribution in [3.63, 3.8) is 0 Å². The minimum Gasteiger partial charge on any atom is -0.352 e. The number of fused-ring (bicyclic) bond motifs is 1. The fraction of sp³-hybridized carbons (Fsp3) is 0.529. The Morgan fingerprint density at radius 1 is 1.29 bits per heavy atom. The number of hydrogen-bond donors (Lipinski definition) is 1. The standard InChI is InChI=1S/C17H22N2O2/c1-12(20)18-16-7-8-19(10-16)11-17(21)15-6-5-13-3-2-4-14(13)9-15/h5-6,9,16H,2-4,7-8,10-11H2,1H3,(H,18,20). The third kappa shape index (κ3) is 3.32. The van der Waals surface area contributed by atoms with Crippen molar-refractivity contribution >= 4 is 11.7 Å². The summed E-state index contributed by atoms with van der Waals surface area (Å²) in [5.41, 5.74) is 3.58. The number of amides is 1. The SMILES string of the molecule is CC(=O)NC1CCN(CC(=O)c2ccc3c(c2)CCC3)C1. The molecule has 0 spiro atoms. The van der Waals surface area contributed by atoms with Gasteiger partial charge >= 0.3 is 0 Å². The molecule has 0 aromatic heterocycles. The molecule has 1 aromatic carbocycles. The zero-order valence-electron chi connectivity index (χ0n) is 12.5. The summed E-state index contributed by atoms with van der Waals surface area (Å²) in [5.74, 6) is 0.194. The summed E-state index contributed by atoms with van der Waals surface area (Å²) in [7, 11) is 0. The van der Waals surface area contributed by atoms with Crippen LogP contribution < -0.4 is 5.32 Å². The molecule has 0 bridgehead atoms. The van der Waals surface area contributed by atoms with Crippen molar-refractivity contribution in [2.45, 2.75) is 38.6 Å². The largest absolute Gasteiger partial charge is 0.352 e. The summed E-state index contributed by atoms with van der Waals surface area (Å²) in [6.45, 7) is 3.64. The molecule has 4 heteroatoms. The molecule has 1 saturated heterocycles. The highest BCUT2D eigenvalue weighted by Gasteiger charge is 2.25. The Bertz CT molecular complexity index is 568. The molecule has 112 valence electrons. The lowest BCUT2D eigenvalue weighted by Gasteiger charge is -2.15. The highest BCUT2D eigenvalue weighted by Crippen LogP contribution is 2.23. The summed E-state index contributed by atoms with van der Waals surface area (Å²) in [4.78, 5) is 25.6. The molecule has 1 aromatic rings. The molecule has 1 amide bonds. The molecule has 1 N–H and O–H groups in total. The Morgan fingerprint density at radius 3 is 2.90 bits per heavy atom. The van der Waals surface area contributed by atoms with Gasteiger partial charge < -0.3 is 5.32 Å². The van der Waals surface area contributed by atoms with Crippen LogP contribution in [-0.4, -0.2) is 42.3 Å². The van der Waals surface area contributed by atoms with E-state index in [9.17, 15) is 9.59 Å². The average Bonchev–Trinajstić information content (AvgIpc) is 3.06. The van der Waals surface area contributed by atoms with Gasteiger partial charge in [-0.2, -0.15) is 0 Å². The smallest absolute Gasteiger partial charge is 0.217 e. The molecular weight excluding hydrogens is 264 g/mol. The highest BCUT2D eigenvalue weighted by atomic mass is 16.1. The second-order valence-electron chi connectivity index (χ2n) is 6.18. The number of likely N-dealkylation sites (tertiary alicyclic amines) is 1. The number of carbonyl (C=O) groups is 2. The van der Waals surface area contributed by atoms with E-state index in [1.54, 1.807) is 6.92 Å². The van der Waals surface area contributed by atoms with Crippen LogP contribution in [0.25, 0.3) is 0 Å². The van der Waals surface area contributed by atoms with Gasteiger partial charge in [-0.25, -0.2) is 0 Å². The van der Waals surface area contributed by atoms with Gasteiger partial charge in [0.05, 0.1) is 6.54 Å². The third-order valence-corrected chi connectivity index (χ3v) is 4.47. The van der Waals surface area contributed by atoms with Gasteiger partial charge in [-0.15, -0.1) is 0 Å². The predicted octanol–water partition coefficient (Wildman–Crippen LogP) is 1.57. The maximum Gasteiger partial charge on any atom is 0.217 e. The Labute approximate surface area is 125 Å². The summed E-state index contributed by atoms with van der Waals surface area (Å²) >= 11 is 0. The van der Waals surface area contributed by atoms with E-state index in [2.05, 4.69) is 22.3 Å². The van der Waals surface area contributed by atoms with Crippen LogP contribution in [0.15, 0.2) is 18.2 Å². The normalized spacial score (nSPS) is 21.3. The van der Waals surface area contributed by atoms with Crippen LogP contribution in [0.2, 0.25) is 0 Å². The Kier molecular flexibility index (Phi) is 4.06. The van der Waals surface area contributed by atoms with E-state index >= 15 is 0 Å². The first-order valence-electron chi connectivity index (χ1n) is 7.76. The van der Waals surface area contributed by atoms with Crippen molar-refractivity contribution in [3.8, 4) is 0 Å². The van der Waals surface area contributed by atoms with E-state index in [1.807, 2.05) is 6.07 Å². The van der Waals surface area contributed by atoms with Crippen LogP contribution in [0.4, 0.5) is 0 Å². The van der Waals surface area contributed by atoms with E-state index in [1.165, 1.54) is 17.5 Å². The Hall–Kier alpha value is -1.68. The summed E-state index contributed by atoms with van der Waals surface area (Å²) in [6, 6.07) is 6.34. The topological polar surface area (TPSA) is 49.4 Å². The number of ketones is 1. The number of rotatable bonds is 4. The van der Waals surface area contributed by atoms with E-state index in [0.717, 1.165) is 37.9 Å². The van der Waals surface area contributed by atoms with Crippen LogP contribution in [-0.2, 0) is 17.6 Å². The fourth-order valence-electron chi connectivity index (χ4n) is 3.42. The average molecular weight is 286 g/mol. The van der Waals surface area contributed by atoms with Gasteiger partial charge in [-0.05, 0) is 42.9 Å². The minimum absolute atomic E-state index is 0.00630. The number of Topliss-reactive ketones (excluding diaryl/α,β-unsaturated/α-hetero) is 1. The van der Waals surface area contributed by atoms with Gasteiger partial charge in [0.1, 0.15) is 0 Å². The van der Waals surface area contributed by atoms with Gasteiger partial charge in [0.25, 0.3) is 0 Å². The van der Waals surface area contributed by atoms with Crippen molar-refractivity contribution in [1.29, 1.82) is 0 Å². The highest BCUT2D eigenvalue weighted by molar-refractivity contribution is 5.98. The predicted molar refractivity (Wildman–Crippen MR) is 81.5 cm³/mol. The van der Waals surface area contributed by atoms with Gasteiger partial charge in [0, 0.05) is 31.6 Å². The second-order valence-corrected chi connectivity index (χ2v) is 6.18. The molecule has 3 rings (SSSR count). The first-order valence-corrected chi connectivity index (χ1v) is 7.76. The maximum absolute atomic E-state index is 12.4. The molecule has 1 aliphatic carbocycles. The molecule has 21 heavy (non-hydrogen) atoms. The van der Waals surface area contributed by atoms with Crippen LogP contribution in [0.5, 0.6) is 0 Å². The number of benzene rings is 1. The number of carbonyl (C=O) groups excluding carboxylic acids is 2. The van der Waals surface area contributed by atoms with E-state index < -0.39 is 0 Å². The van der Waals surface area contributed by atoms with Crippen molar-refractivity contribution in [3.05, 3.63) is 34.9 Å². The molecule has 1 unspecified atom stereocenters. The van der Waals surface area contributed by atoms with Gasteiger partial charge in [0.15, 0.2) is 5.78 Å². The monoisotopic (exact) mass is 286 g/mol. The minimum atomic E-state index is 0.00630. The van der Waals surface area contributed by atoms with Crippen molar-refractivity contribution in [1.82, 2.24) is 10.2 Å². The number of hydrogen-bond acceptors (Lipinski definition) is 3. The molecular formula is C17H22N2O2. The number of nitrogens with one attached hydrogen (secondary N) is 1. The molecule has 1 heterocycles. The molecule has 4 nitrogen and oxygen atoms in total. The molecule has 0 saturated carbocycles. The molecule has 1 aliphatic heterocycles. The van der Waals surface area contributed by atoms with Crippen molar-refractivity contribution in [2.75, 3.05) is 19.6 Å². The quantitative estimate of drug-likeness (QED) is 0.855. The molecule has 1 atom stereocenters. The zero-order valence-corrected chi connectivity index (χ0v) is 12.5. The molecule has 1 fully saturated rings. The Morgan fingerprint density at radius 2 is 2.10 bits per heavy atom. The summed E-state index contributed by atoms with van der Waals surface area (Å²) < 4.78 is 0. The maximum atomic E-state index is 12.4. The van der Waals surface area contributed by atoms with Crippen LogP contribution >= 0.6 is 0 Å². The van der Waals surface area contributed by atoms with Crippen LogP contribution in [0, 0.1) is 0 Å². The number of nitrogens with zero attached hydrogens (tertiary/aromatic N) is 1. The van der Waals surface area contributed by atoms with E-state index in [4.69, 9.17) is 0 Å². The van der Waals surface area contributed by atoms with Gasteiger partial charge in [0.2, 0.25) is 5.91 Å². The van der Waals surface area contributed by atoms with Crippen molar-refractivity contribution < 1.29 is 9.59 Å². The Balaban J connectivity index is 1.58. The first kappa shape index (κ1) is 14.3.